The molecule has 1 atom stereocenters. The van der Waals surface area contributed by atoms with E-state index in [1.807, 2.05) is 6.07 Å². The van der Waals surface area contributed by atoms with Crippen molar-refractivity contribution in [1.29, 1.82) is 0 Å². The predicted molar refractivity (Wildman–Crippen MR) is 45.7 cm³/mol. The minimum atomic E-state index is 0.361. The molecule has 0 spiro atoms. The third-order valence-electron chi connectivity index (χ3n) is 2.09. The van der Waals surface area contributed by atoms with Gasteiger partial charge in [-0.2, -0.15) is 0 Å². The van der Waals surface area contributed by atoms with E-state index in [4.69, 9.17) is 0 Å². The Morgan fingerprint density at radius 2 is 2.45 bits per heavy atom. The third-order valence-corrected chi connectivity index (χ3v) is 2.09. The molecule has 1 aliphatic heterocycles. The van der Waals surface area contributed by atoms with Crippen LogP contribution < -0.4 is 10.2 Å². The molecule has 11 heavy (non-hydrogen) atoms. The number of nitrogens with zero attached hydrogens (tertiary/aromatic N) is 2. The fraction of sp³-hybridized carbons (Fsp3) is 0.375. The Hall–Kier alpha value is -1.25. The third kappa shape index (κ3) is 0.843. The van der Waals surface area contributed by atoms with Crippen molar-refractivity contribution in [3.8, 4) is 0 Å². The molecule has 0 radical (unpaired) electrons. The first-order valence-electron chi connectivity index (χ1n) is 3.73. The Bertz CT molecular complexity index is 272. The van der Waals surface area contributed by atoms with Crippen LogP contribution in [0.15, 0.2) is 18.3 Å². The summed E-state index contributed by atoms with van der Waals surface area (Å²) in [5.74, 6) is 0.988. The summed E-state index contributed by atoms with van der Waals surface area (Å²) in [7, 11) is 2.06. The Labute approximate surface area is 66.0 Å². The molecule has 3 heteroatoms. The van der Waals surface area contributed by atoms with Crippen LogP contribution in [0.3, 0.4) is 0 Å². The smallest absolute Gasteiger partial charge is 0.151 e. The maximum atomic E-state index is 4.21. The van der Waals surface area contributed by atoms with E-state index < -0.39 is 0 Å². The van der Waals surface area contributed by atoms with Crippen molar-refractivity contribution < 1.29 is 0 Å². The minimum Gasteiger partial charge on any atom is -0.352 e. The topological polar surface area (TPSA) is 28.2 Å². The van der Waals surface area contributed by atoms with Gasteiger partial charge in [0.2, 0.25) is 0 Å². The minimum absolute atomic E-state index is 0.361. The molecule has 0 unspecified atom stereocenters. The molecular weight excluding hydrogens is 138 g/mol. The van der Waals surface area contributed by atoms with Gasteiger partial charge in [0.05, 0.1) is 11.9 Å². The molecule has 0 aliphatic carbocycles. The molecule has 1 aromatic heterocycles. The zero-order valence-corrected chi connectivity index (χ0v) is 6.70. The van der Waals surface area contributed by atoms with Gasteiger partial charge in [-0.3, -0.25) is 0 Å². The number of fused-ring (bicyclic) bond motifs is 1. The Morgan fingerprint density at radius 1 is 1.64 bits per heavy atom. The van der Waals surface area contributed by atoms with Crippen LogP contribution in [0.2, 0.25) is 0 Å². The second-order valence-electron chi connectivity index (χ2n) is 2.80. The van der Waals surface area contributed by atoms with Gasteiger partial charge < -0.3 is 10.2 Å². The second kappa shape index (κ2) is 2.12. The molecule has 0 bridgehead atoms. The summed E-state index contributed by atoms with van der Waals surface area (Å²) in [5.41, 5.74) is 1.18. The Morgan fingerprint density at radius 3 is 3.18 bits per heavy atom. The normalized spacial score (nSPS) is 21.3. The molecule has 0 aromatic carbocycles. The van der Waals surface area contributed by atoms with Gasteiger partial charge in [-0.1, -0.05) is 0 Å². The van der Waals surface area contributed by atoms with Crippen molar-refractivity contribution in [2.24, 2.45) is 0 Å². The zero-order valence-electron chi connectivity index (χ0n) is 6.70. The summed E-state index contributed by atoms with van der Waals surface area (Å²) in [6.07, 6.45) is 2.16. The molecule has 0 fully saturated rings. The summed E-state index contributed by atoms with van der Waals surface area (Å²) in [4.78, 5) is 6.38. The molecule has 2 heterocycles. The number of pyridine rings is 1. The van der Waals surface area contributed by atoms with Gasteiger partial charge in [-0.25, -0.2) is 4.98 Å². The fourth-order valence-corrected chi connectivity index (χ4v) is 1.30. The van der Waals surface area contributed by atoms with E-state index in [9.17, 15) is 0 Å². The number of hydrogen-bond donors (Lipinski definition) is 1. The monoisotopic (exact) mass is 149 g/mol. The first kappa shape index (κ1) is 6.46. The highest BCUT2D eigenvalue weighted by Gasteiger charge is 2.21. The van der Waals surface area contributed by atoms with Crippen LogP contribution in [0, 0.1) is 0 Å². The molecule has 1 aliphatic rings. The van der Waals surface area contributed by atoms with Gasteiger partial charge in [0.1, 0.15) is 0 Å². The predicted octanol–water partition coefficient (Wildman–Crippen LogP) is 1.29. The largest absolute Gasteiger partial charge is 0.352 e. The molecular formula is C8H11N3. The van der Waals surface area contributed by atoms with E-state index in [0.717, 1.165) is 5.82 Å². The van der Waals surface area contributed by atoms with Crippen LogP contribution >= 0.6 is 0 Å². The molecule has 0 saturated heterocycles. The summed E-state index contributed by atoms with van der Waals surface area (Å²) >= 11 is 0. The average molecular weight is 149 g/mol. The highest BCUT2D eigenvalue weighted by Crippen LogP contribution is 2.29. The molecule has 58 valence electrons. The van der Waals surface area contributed by atoms with Crippen molar-refractivity contribution in [1.82, 2.24) is 4.98 Å². The maximum absolute atomic E-state index is 4.21. The number of anilines is 2. The number of rotatable bonds is 0. The van der Waals surface area contributed by atoms with E-state index >= 15 is 0 Å². The lowest BCUT2D eigenvalue weighted by molar-refractivity contribution is 0.805. The lowest BCUT2D eigenvalue weighted by Crippen LogP contribution is -2.28. The van der Waals surface area contributed by atoms with Crippen molar-refractivity contribution in [3.05, 3.63) is 18.3 Å². The van der Waals surface area contributed by atoms with Gasteiger partial charge in [0.25, 0.3) is 0 Å². The van der Waals surface area contributed by atoms with Crippen LogP contribution in [-0.2, 0) is 0 Å². The lowest BCUT2D eigenvalue weighted by Gasteiger charge is -2.16. The van der Waals surface area contributed by atoms with Gasteiger partial charge >= 0.3 is 0 Å². The summed E-state index contributed by atoms with van der Waals surface area (Å²) < 4.78 is 0. The first-order valence-corrected chi connectivity index (χ1v) is 3.73. The number of hydrogen-bond acceptors (Lipinski definition) is 3. The van der Waals surface area contributed by atoms with Crippen LogP contribution in [0.25, 0.3) is 0 Å². The summed E-state index contributed by atoms with van der Waals surface area (Å²) in [5, 5.41) is 3.26. The standard InChI is InChI=1S/C8H11N3/c1-6-10-8-7(11(6)2)4-3-5-9-8/h3-6H,1-2H3,(H,9,10)/t6-/m0/s1. The van der Waals surface area contributed by atoms with E-state index in [-0.39, 0.29) is 0 Å². The molecule has 0 saturated carbocycles. The maximum Gasteiger partial charge on any atom is 0.151 e. The molecule has 2 rings (SSSR count). The fourth-order valence-electron chi connectivity index (χ4n) is 1.30. The van der Waals surface area contributed by atoms with Crippen LogP contribution in [0.5, 0.6) is 0 Å². The number of aromatic nitrogens is 1. The van der Waals surface area contributed by atoms with Crippen molar-refractivity contribution in [2.75, 3.05) is 17.3 Å². The zero-order chi connectivity index (χ0) is 7.84. The van der Waals surface area contributed by atoms with Gasteiger partial charge in [0, 0.05) is 13.2 Å². The van der Waals surface area contributed by atoms with E-state index in [1.54, 1.807) is 6.20 Å². The van der Waals surface area contributed by atoms with Crippen LogP contribution in [-0.4, -0.2) is 18.2 Å². The van der Waals surface area contributed by atoms with Gasteiger partial charge in [-0.05, 0) is 19.1 Å². The van der Waals surface area contributed by atoms with Crippen LogP contribution in [0.4, 0.5) is 11.5 Å². The first-order chi connectivity index (χ1) is 5.29. The number of nitrogens with one attached hydrogen (secondary N) is 1. The molecule has 3 nitrogen and oxygen atoms in total. The highest BCUT2D eigenvalue weighted by atomic mass is 15.3. The highest BCUT2D eigenvalue weighted by molar-refractivity contribution is 5.71. The summed E-state index contributed by atoms with van der Waals surface area (Å²) in [6.45, 7) is 2.11. The second-order valence-corrected chi connectivity index (χ2v) is 2.80. The SMILES string of the molecule is C[C@H]1Nc2ncccc2N1C. The van der Waals surface area contributed by atoms with E-state index in [1.165, 1.54) is 5.69 Å². The van der Waals surface area contributed by atoms with E-state index in [2.05, 4.69) is 35.2 Å². The van der Waals surface area contributed by atoms with Crippen molar-refractivity contribution >= 4 is 11.5 Å². The average Bonchev–Trinajstić information content (AvgIpc) is 2.30. The molecule has 1 aromatic rings. The quantitative estimate of drug-likeness (QED) is 0.602. The van der Waals surface area contributed by atoms with Crippen LogP contribution in [0.1, 0.15) is 6.92 Å². The van der Waals surface area contributed by atoms with E-state index in [0.29, 0.717) is 6.17 Å². The van der Waals surface area contributed by atoms with Gasteiger partial charge in [-0.15, -0.1) is 0 Å². The molecule has 1 N–H and O–H groups in total. The summed E-state index contributed by atoms with van der Waals surface area (Å²) in [6, 6.07) is 4.02. The Kier molecular flexibility index (Phi) is 1.24. The lowest BCUT2D eigenvalue weighted by atomic mass is 10.4. The Balaban J connectivity index is 2.47. The van der Waals surface area contributed by atoms with Gasteiger partial charge in [0.15, 0.2) is 5.82 Å². The van der Waals surface area contributed by atoms with Crippen molar-refractivity contribution in [2.45, 2.75) is 13.1 Å². The molecule has 0 amide bonds. The van der Waals surface area contributed by atoms with Crippen molar-refractivity contribution in [3.63, 3.8) is 0 Å².